The smallest absolute Gasteiger partial charge is 0.310 e. The van der Waals surface area contributed by atoms with Gasteiger partial charge in [-0.25, -0.2) is 0 Å². The highest BCUT2D eigenvalue weighted by molar-refractivity contribution is 5.81. The summed E-state index contributed by atoms with van der Waals surface area (Å²) in [5.41, 5.74) is 7.33. The second-order valence-electron chi connectivity index (χ2n) is 5.31. The van der Waals surface area contributed by atoms with E-state index < -0.39 is 0 Å². The van der Waals surface area contributed by atoms with Crippen LogP contribution in [-0.2, 0) is 20.7 Å². The van der Waals surface area contributed by atoms with E-state index in [0.29, 0.717) is 25.4 Å². The maximum Gasteiger partial charge on any atom is 0.310 e. The summed E-state index contributed by atoms with van der Waals surface area (Å²) in [5, 5.41) is 0. The van der Waals surface area contributed by atoms with Crippen LogP contribution in [0.3, 0.4) is 0 Å². The molecular weight excluding hydrogens is 268 g/mol. The molecule has 2 N–H and O–H groups in total. The molecule has 1 saturated heterocycles. The molecule has 2 rings (SSSR count). The van der Waals surface area contributed by atoms with Gasteiger partial charge in [-0.15, -0.1) is 0 Å². The normalized spacial score (nSPS) is 18.3. The first kappa shape index (κ1) is 15.4. The number of benzene rings is 1. The molecule has 0 bridgehead atoms. The van der Waals surface area contributed by atoms with Gasteiger partial charge < -0.3 is 15.4 Å². The minimum Gasteiger partial charge on any atom is -0.466 e. The molecule has 0 saturated carbocycles. The Hall–Kier alpha value is -2.04. The third-order valence-corrected chi connectivity index (χ3v) is 3.79. The van der Waals surface area contributed by atoms with Gasteiger partial charge in [0.25, 0.3) is 0 Å². The molecule has 0 aliphatic carbocycles. The molecule has 5 heteroatoms. The number of para-hydroxylation sites is 1. The highest BCUT2D eigenvalue weighted by Crippen LogP contribution is 2.20. The molecule has 0 radical (unpaired) electrons. The van der Waals surface area contributed by atoms with Gasteiger partial charge in [-0.3, -0.25) is 9.59 Å². The summed E-state index contributed by atoms with van der Waals surface area (Å²) in [6, 6.07) is 7.37. The summed E-state index contributed by atoms with van der Waals surface area (Å²) in [7, 11) is 0. The summed E-state index contributed by atoms with van der Waals surface area (Å²) >= 11 is 0. The van der Waals surface area contributed by atoms with Gasteiger partial charge in [-0.1, -0.05) is 18.2 Å². The van der Waals surface area contributed by atoms with E-state index in [1.165, 1.54) is 0 Å². The average molecular weight is 290 g/mol. The largest absolute Gasteiger partial charge is 0.466 e. The number of piperidine rings is 1. The molecule has 1 fully saturated rings. The lowest BCUT2D eigenvalue weighted by molar-refractivity contribution is -0.151. The van der Waals surface area contributed by atoms with Crippen molar-refractivity contribution in [1.82, 2.24) is 4.90 Å². The number of amides is 1. The number of anilines is 1. The number of rotatable bonds is 4. The van der Waals surface area contributed by atoms with Gasteiger partial charge in [0.05, 0.1) is 18.9 Å². The van der Waals surface area contributed by atoms with Crippen molar-refractivity contribution in [2.24, 2.45) is 5.92 Å². The van der Waals surface area contributed by atoms with Crippen molar-refractivity contribution in [2.45, 2.75) is 26.2 Å². The van der Waals surface area contributed by atoms with Crippen LogP contribution in [0.1, 0.15) is 25.3 Å². The van der Waals surface area contributed by atoms with E-state index in [-0.39, 0.29) is 24.2 Å². The van der Waals surface area contributed by atoms with Crippen molar-refractivity contribution in [3.05, 3.63) is 29.8 Å². The third kappa shape index (κ3) is 3.97. The Morgan fingerprint density at radius 2 is 2.14 bits per heavy atom. The zero-order valence-corrected chi connectivity index (χ0v) is 12.4. The van der Waals surface area contributed by atoms with E-state index >= 15 is 0 Å². The first-order valence-electron chi connectivity index (χ1n) is 7.39. The van der Waals surface area contributed by atoms with Crippen LogP contribution in [0.2, 0.25) is 0 Å². The lowest BCUT2D eigenvalue weighted by Crippen LogP contribution is -2.43. The molecule has 1 aromatic rings. The molecule has 1 unspecified atom stereocenters. The quantitative estimate of drug-likeness (QED) is 0.675. The molecule has 1 atom stereocenters. The number of nitrogens with two attached hydrogens (primary N) is 1. The number of likely N-dealkylation sites (tertiary alicyclic amines) is 1. The molecule has 114 valence electrons. The Morgan fingerprint density at radius 3 is 2.86 bits per heavy atom. The lowest BCUT2D eigenvalue weighted by atomic mass is 9.97. The molecule has 1 amide bonds. The maximum atomic E-state index is 12.4. The SMILES string of the molecule is CCOC(=O)C1CCCN(C(=O)Cc2ccccc2N)C1. The molecular formula is C16H22N2O3. The monoisotopic (exact) mass is 290 g/mol. The molecule has 1 aliphatic heterocycles. The summed E-state index contributed by atoms with van der Waals surface area (Å²) in [6.45, 7) is 3.32. The molecule has 1 heterocycles. The average Bonchev–Trinajstić information content (AvgIpc) is 2.50. The minimum atomic E-state index is -0.200. The standard InChI is InChI=1S/C16H22N2O3/c1-2-21-16(20)13-7-5-9-18(11-13)15(19)10-12-6-3-4-8-14(12)17/h3-4,6,8,13H,2,5,7,9-11,17H2,1H3. The van der Waals surface area contributed by atoms with E-state index in [0.717, 1.165) is 18.4 Å². The number of hydrogen-bond donors (Lipinski definition) is 1. The number of nitrogen functional groups attached to an aromatic ring is 1. The summed E-state index contributed by atoms with van der Waals surface area (Å²) in [5.74, 6) is -0.383. The molecule has 1 aromatic carbocycles. The molecule has 5 nitrogen and oxygen atoms in total. The van der Waals surface area contributed by atoms with E-state index in [9.17, 15) is 9.59 Å². The number of carbonyl (C=O) groups is 2. The Bertz CT molecular complexity index is 516. The van der Waals surface area contributed by atoms with E-state index in [1.54, 1.807) is 17.9 Å². The molecule has 21 heavy (non-hydrogen) atoms. The van der Waals surface area contributed by atoms with Gasteiger partial charge in [0, 0.05) is 18.8 Å². The van der Waals surface area contributed by atoms with Crippen molar-refractivity contribution in [3.8, 4) is 0 Å². The van der Waals surface area contributed by atoms with E-state index in [4.69, 9.17) is 10.5 Å². The van der Waals surface area contributed by atoms with Crippen molar-refractivity contribution in [2.75, 3.05) is 25.4 Å². The van der Waals surface area contributed by atoms with E-state index in [1.807, 2.05) is 18.2 Å². The predicted octanol–water partition coefficient (Wildman–Crippen LogP) is 1.61. The Labute approximate surface area is 125 Å². The fourth-order valence-corrected chi connectivity index (χ4v) is 2.63. The van der Waals surface area contributed by atoms with Crippen molar-refractivity contribution >= 4 is 17.6 Å². The zero-order chi connectivity index (χ0) is 15.2. The molecule has 0 aromatic heterocycles. The molecule has 0 spiro atoms. The van der Waals surface area contributed by atoms with Crippen LogP contribution in [0.25, 0.3) is 0 Å². The minimum absolute atomic E-state index is 0.0156. The van der Waals surface area contributed by atoms with Crippen molar-refractivity contribution in [1.29, 1.82) is 0 Å². The van der Waals surface area contributed by atoms with Gasteiger partial charge in [-0.05, 0) is 31.4 Å². The Balaban J connectivity index is 1.96. The van der Waals surface area contributed by atoms with E-state index in [2.05, 4.69) is 0 Å². The fourth-order valence-electron chi connectivity index (χ4n) is 2.63. The van der Waals surface area contributed by atoms with Crippen LogP contribution in [0, 0.1) is 5.92 Å². The van der Waals surface area contributed by atoms with Gasteiger partial charge >= 0.3 is 5.97 Å². The highest BCUT2D eigenvalue weighted by atomic mass is 16.5. The first-order valence-corrected chi connectivity index (χ1v) is 7.39. The number of nitrogens with zero attached hydrogens (tertiary/aromatic N) is 1. The van der Waals surface area contributed by atoms with Crippen LogP contribution in [-0.4, -0.2) is 36.5 Å². The second-order valence-corrected chi connectivity index (χ2v) is 5.31. The topological polar surface area (TPSA) is 72.6 Å². The summed E-state index contributed by atoms with van der Waals surface area (Å²) in [6.07, 6.45) is 1.90. The van der Waals surface area contributed by atoms with Gasteiger partial charge in [0.1, 0.15) is 0 Å². The summed E-state index contributed by atoms with van der Waals surface area (Å²) in [4.78, 5) is 25.9. The first-order chi connectivity index (χ1) is 10.1. The van der Waals surface area contributed by atoms with Crippen LogP contribution in [0.5, 0.6) is 0 Å². The van der Waals surface area contributed by atoms with Gasteiger partial charge in [-0.2, -0.15) is 0 Å². The number of carbonyl (C=O) groups excluding carboxylic acids is 2. The Kier molecular flexibility index (Phi) is 5.20. The van der Waals surface area contributed by atoms with Crippen LogP contribution in [0.4, 0.5) is 5.69 Å². The zero-order valence-electron chi connectivity index (χ0n) is 12.4. The predicted molar refractivity (Wildman–Crippen MR) is 80.5 cm³/mol. The molecule has 1 aliphatic rings. The Morgan fingerprint density at radius 1 is 1.38 bits per heavy atom. The fraction of sp³-hybridized carbons (Fsp3) is 0.500. The highest BCUT2D eigenvalue weighted by Gasteiger charge is 2.29. The van der Waals surface area contributed by atoms with Crippen molar-refractivity contribution < 1.29 is 14.3 Å². The van der Waals surface area contributed by atoms with Crippen LogP contribution >= 0.6 is 0 Å². The second kappa shape index (κ2) is 7.11. The third-order valence-electron chi connectivity index (χ3n) is 3.79. The summed E-state index contributed by atoms with van der Waals surface area (Å²) < 4.78 is 5.05. The van der Waals surface area contributed by atoms with Gasteiger partial charge in [0.15, 0.2) is 0 Å². The number of esters is 1. The van der Waals surface area contributed by atoms with Crippen LogP contribution in [0.15, 0.2) is 24.3 Å². The van der Waals surface area contributed by atoms with Gasteiger partial charge in [0.2, 0.25) is 5.91 Å². The lowest BCUT2D eigenvalue weighted by Gasteiger charge is -2.31. The van der Waals surface area contributed by atoms with Crippen molar-refractivity contribution in [3.63, 3.8) is 0 Å². The number of ether oxygens (including phenoxy) is 1. The van der Waals surface area contributed by atoms with Crippen LogP contribution < -0.4 is 5.73 Å². The maximum absolute atomic E-state index is 12.4. The number of hydrogen-bond acceptors (Lipinski definition) is 4.